The van der Waals surface area contributed by atoms with Crippen LogP contribution in [0.25, 0.3) is 0 Å². The van der Waals surface area contributed by atoms with Gasteiger partial charge in [-0.25, -0.2) is 12.8 Å². The number of hydrogen-bond acceptors (Lipinski definition) is 4. The maximum absolute atomic E-state index is 13.9. The third kappa shape index (κ3) is 9.18. The van der Waals surface area contributed by atoms with E-state index in [2.05, 4.69) is 21.2 Å². The molecule has 3 rings (SSSR count). The number of hydrogen-bond donors (Lipinski definition) is 1. The predicted molar refractivity (Wildman–Crippen MR) is 155 cm³/mol. The number of nitrogens with one attached hydrogen (secondary N) is 1. The molecule has 0 bridgehead atoms. The molecule has 0 saturated carbocycles. The highest BCUT2D eigenvalue weighted by Crippen LogP contribution is 2.22. The van der Waals surface area contributed by atoms with Gasteiger partial charge in [-0.2, -0.15) is 0 Å². The number of carbonyl (C=O) groups is 2. The van der Waals surface area contributed by atoms with E-state index in [-0.39, 0.29) is 24.8 Å². The minimum absolute atomic E-state index is 0.0103. The molecule has 0 fully saturated rings. The van der Waals surface area contributed by atoms with E-state index in [9.17, 15) is 22.4 Å². The maximum Gasteiger partial charge on any atom is 0.244 e. The van der Waals surface area contributed by atoms with Crippen LogP contribution in [0.2, 0.25) is 0 Å². The topological polar surface area (TPSA) is 86.8 Å². The van der Waals surface area contributed by atoms with Gasteiger partial charge in [0, 0.05) is 24.0 Å². The van der Waals surface area contributed by atoms with E-state index < -0.39 is 34.3 Å². The smallest absolute Gasteiger partial charge is 0.244 e. The van der Waals surface area contributed by atoms with Crippen molar-refractivity contribution < 1.29 is 22.4 Å². The molecule has 1 N–H and O–H groups in total. The van der Waals surface area contributed by atoms with Crippen molar-refractivity contribution in [2.24, 2.45) is 5.92 Å². The zero-order chi connectivity index (χ0) is 28.6. The van der Waals surface area contributed by atoms with Crippen LogP contribution in [-0.4, -0.2) is 50.5 Å². The first-order valence-electron chi connectivity index (χ1n) is 12.5. The molecule has 0 aliphatic carbocycles. The van der Waals surface area contributed by atoms with Crippen LogP contribution in [-0.2, 0) is 32.6 Å². The lowest BCUT2D eigenvalue weighted by Gasteiger charge is -2.33. The van der Waals surface area contributed by atoms with Crippen LogP contribution in [0, 0.1) is 11.7 Å². The molecule has 3 aromatic rings. The van der Waals surface area contributed by atoms with E-state index in [1.165, 1.54) is 17.0 Å². The fraction of sp³-hybridized carbons (Fsp3) is 0.310. The normalized spacial score (nSPS) is 12.2. The first-order valence-corrected chi connectivity index (χ1v) is 15.2. The summed E-state index contributed by atoms with van der Waals surface area (Å²) < 4.78 is 40.9. The molecule has 7 nitrogen and oxygen atoms in total. The second-order valence-corrected chi connectivity index (χ2v) is 12.6. The zero-order valence-corrected chi connectivity index (χ0v) is 24.6. The fourth-order valence-electron chi connectivity index (χ4n) is 3.98. The molecule has 208 valence electrons. The summed E-state index contributed by atoms with van der Waals surface area (Å²) in [5, 5.41) is 2.92. The van der Waals surface area contributed by atoms with Crippen molar-refractivity contribution in [3.63, 3.8) is 0 Å². The standard InChI is InChI=1S/C29H33BrFN3O4S/c1-21(2)18-32-29(36)27(17-22-7-5-4-6-8-22)33(19-23-9-13-25(31)14-10-23)28(35)20-34(39(3,37)38)26-15-11-24(30)12-16-26/h4-16,21,27H,17-20H2,1-3H3,(H,32,36). The molecule has 1 atom stereocenters. The van der Waals surface area contributed by atoms with Gasteiger partial charge in [-0.3, -0.25) is 13.9 Å². The highest BCUT2D eigenvalue weighted by atomic mass is 79.9. The fourth-order valence-corrected chi connectivity index (χ4v) is 5.10. The van der Waals surface area contributed by atoms with Gasteiger partial charge < -0.3 is 10.2 Å². The van der Waals surface area contributed by atoms with Crippen molar-refractivity contribution in [2.75, 3.05) is 23.7 Å². The molecular weight excluding hydrogens is 585 g/mol. The Kier molecular flexibility index (Phi) is 10.7. The van der Waals surface area contributed by atoms with Crippen LogP contribution in [0.1, 0.15) is 25.0 Å². The summed E-state index contributed by atoms with van der Waals surface area (Å²) in [4.78, 5) is 28.9. The van der Waals surface area contributed by atoms with Crippen LogP contribution in [0.5, 0.6) is 0 Å². The quantitative estimate of drug-likeness (QED) is 0.317. The molecule has 3 aromatic carbocycles. The molecule has 0 spiro atoms. The number of anilines is 1. The number of sulfonamides is 1. The molecular formula is C29H33BrFN3O4S. The second-order valence-electron chi connectivity index (χ2n) is 9.74. The van der Waals surface area contributed by atoms with Crippen molar-refractivity contribution in [1.29, 1.82) is 0 Å². The Morgan fingerprint density at radius 2 is 1.54 bits per heavy atom. The number of halogens is 2. The average molecular weight is 619 g/mol. The van der Waals surface area contributed by atoms with Gasteiger partial charge in [0.15, 0.2) is 0 Å². The number of benzene rings is 3. The van der Waals surface area contributed by atoms with Crippen molar-refractivity contribution in [3.05, 3.63) is 100 Å². The summed E-state index contributed by atoms with van der Waals surface area (Å²) in [6.07, 6.45) is 1.25. The van der Waals surface area contributed by atoms with Crippen LogP contribution in [0.15, 0.2) is 83.3 Å². The van der Waals surface area contributed by atoms with Gasteiger partial charge in [-0.1, -0.05) is 72.2 Å². The molecule has 1 unspecified atom stereocenters. The molecule has 0 saturated heterocycles. The lowest BCUT2D eigenvalue weighted by molar-refractivity contribution is -0.140. The number of nitrogens with zero attached hydrogens (tertiary/aromatic N) is 2. The summed E-state index contributed by atoms with van der Waals surface area (Å²) in [7, 11) is -3.84. The summed E-state index contributed by atoms with van der Waals surface area (Å²) in [5.41, 5.74) is 1.76. The van der Waals surface area contributed by atoms with Crippen molar-refractivity contribution in [3.8, 4) is 0 Å². The van der Waals surface area contributed by atoms with Crippen molar-refractivity contribution in [1.82, 2.24) is 10.2 Å². The Morgan fingerprint density at radius 3 is 2.10 bits per heavy atom. The van der Waals surface area contributed by atoms with Gasteiger partial charge in [0.25, 0.3) is 0 Å². The first-order chi connectivity index (χ1) is 18.4. The minimum Gasteiger partial charge on any atom is -0.354 e. The predicted octanol–water partition coefficient (Wildman–Crippen LogP) is 4.77. The van der Waals surface area contributed by atoms with Crippen LogP contribution < -0.4 is 9.62 Å². The maximum atomic E-state index is 13.9. The van der Waals surface area contributed by atoms with E-state index in [0.29, 0.717) is 17.8 Å². The first kappa shape index (κ1) is 30.3. The molecule has 2 amide bonds. The molecule has 39 heavy (non-hydrogen) atoms. The summed E-state index contributed by atoms with van der Waals surface area (Å²) in [5.74, 6) is -1.15. The van der Waals surface area contributed by atoms with Gasteiger partial charge in [0.1, 0.15) is 18.4 Å². The molecule has 10 heteroatoms. The average Bonchev–Trinajstić information content (AvgIpc) is 2.89. The Labute approximate surface area is 238 Å². The Morgan fingerprint density at radius 1 is 0.923 bits per heavy atom. The van der Waals surface area contributed by atoms with Gasteiger partial charge in [0.05, 0.1) is 11.9 Å². The Bertz CT molecular complexity index is 1350. The minimum atomic E-state index is -3.84. The third-order valence-corrected chi connectivity index (χ3v) is 7.68. The molecule has 0 heterocycles. The number of rotatable bonds is 12. The van der Waals surface area contributed by atoms with E-state index >= 15 is 0 Å². The Hall–Kier alpha value is -3.24. The third-order valence-electron chi connectivity index (χ3n) is 6.02. The Balaban J connectivity index is 2.03. The highest BCUT2D eigenvalue weighted by Gasteiger charge is 2.33. The molecule has 0 radical (unpaired) electrons. The van der Waals surface area contributed by atoms with Crippen molar-refractivity contribution in [2.45, 2.75) is 32.9 Å². The van der Waals surface area contributed by atoms with E-state index in [0.717, 1.165) is 20.6 Å². The zero-order valence-electron chi connectivity index (χ0n) is 22.2. The van der Waals surface area contributed by atoms with Gasteiger partial charge >= 0.3 is 0 Å². The lowest BCUT2D eigenvalue weighted by Crippen LogP contribution is -2.53. The van der Waals surface area contributed by atoms with Crippen LogP contribution >= 0.6 is 15.9 Å². The van der Waals surface area contributed by atoms with Gasteiger partial charge in [-0.15, -0.1) is 0 Å². The molecule has 0 aliphatic rings. The van der Waals surface area contributed by atoms with Gasteiger partial charge in [0.2, 0.25) is 21.8 Å². The SMILES string of the molecule is CC(C)CNC(=O)C(Cc1ccccc1)N(Cc1ccc(F)cc1)C(=O)CN(c1ccc(Br)cc1)S(C)(=O)=O. The van der Waals surface area contributed by atoms with Crippen molar-refractivity contribution >= 4 is 43.5 Å². The van der Waals surface area contributed by atoms with Gasteiger partial charge in [-0.05, 0) is 53.4 Å². The van der Waals surface area contributed by atoms with E-state index in [1.54, 1.807) is 36.4 Å². The lowest BCUT2D eigenvalue weighted by atomic mass is 10.0. The molecule has 0 aromatic heterocycles. The summed E-state index contributed by atoms with van der Waals surface area (Å²) in [6, 6.07) is 20.6. The largest absolute Gasteiger partial charge is 0.354 e. The second kappa shape index (κ2) is 13.7. The summed E-state index contributed by atoms with van der Waals surface area (Å²) in [6.45, 7) is 3.83. The summed E-state index contributed by atoms with van der Waals surface area (Å²) >= 11 is 3.34. The van der Waals surface area contributed by atoms with E-state index in [1.807, 2.05) is 44.2 Å². The van der Waals surface area contributed by atoms with Crippen LogP contribution in [0.4, 0.5) is 10.1 Å². The van der Waals surface area contributed by atoms with E-state index in [4.69, 9.17) is 0 Å². The van der Waals surface area contributed by atoms with Crippen LogP contribution in [0.3, 0.4) is 0 Å². The highest BCUT2D eigenvalue weighted by molar-refractivity contribution is 9.10. The number of amides is 2. The molecule has 0 aliphatic heterocycles. The number of carbonyl (C=O) groups excluding carboxylic acids is 2. The monoisotopic (exact) mass is 617 g/mol.